The van der Waals surface area contributed by atoms with Gasteiger partial charge in [-0.1, -0.05) is 31.3 Å². The second kappa shape index (κ2) is 8.14. The van der Waals surface area contributed by atoms with Gasteiger partial charge in [0, 0.05) is 12.0 Å². The molecule has 1 aromatic rings. The van der Waals surface area contributed by atoms with E-state index in [1.54, 1.807) is 0 Å². The summed E-state index contributed by atoms with van der Waals surface area (Å²) in [7, 11) is 0. The molecule has 1 rings (SSSR count). The predicted molar refractivity (Wildman–Crippen MR) is 76.3 cm³/mol. The lowest BCUT2D eigenvalue weighted by molar-refractivity contribution is -0.116. The fraction of sp³-hybridized carbons (Fsp3) is 0.429. The Labute approximate surface area is 117 Å². The molecule has 0 bridgehead atoms. The van der Waals surface area contributed by atoms with Gasteiger partial charge in [-0.2, -0.15) is 0 Å². The van der Waals surface area contributed by atoms with E-state index in [2.05, 4.69) is 17.4 Å². The summed E-state index contributed by atoms with van der Waals surface area (Å²) in [6.07, 6.45) is 4.36. The largest absolute Gasteiger partial charge is 0.409 e. The van der Waals surface area contributed by atoms with Crippen molar-refractivity contribution in [1.82, 2.24) is 0 Å². The van der Waals surface area contributed by atoms with Crippen molar-refractivity contribution < 1.29 is 14.4 Å². The summed E-state index contributed by atoms with van der Waals surface area (Å²) in [5.41, 5.74) is 5.71. The van der Waals surface area contributed by atoms with E-state index in [1.807, 2.05) is 0 Å². The predicted octanol–water partition coefficient (Wildman–Crippen LogP) is 2.83. The van der Waals surface area contributed by atoms with E-state index >= 15 is 0 Å². The van der Waals surface area contributed by atoms with E-state index in [1.165, 1.54) is 12.1 Å². The van der Waals surface area contributed by atoms with E-state index in [-0.39, 0.29) is 23.0 Å². The van der Waals surface area contributed by atoms with Crippen LogP contribution in [0.4, 0.5) is 10.1 Å². The fourth-order valence-electron chi connectivity index (χ4n) is 1.76. The number of carbonyl (C=O) groups excluding carboxylic acids is 1. The molecular formula is C14H20FN3O2. The number of nitrogens with one attached hydrogen (secondary N) is 1. The molecule has 4 N–H and O–H groups in total. The Bertz CT molecular complexity index is 489. The molecule has 0 radical (unpaired) electrons. The zero-order chi connectivity index (χ0) is 15.0. The average Bonchev–Trinajstić information content (AvgIpc) is 2.45. The third-order valence-corrected chi connectivity index (χ3v) is 2.90. The van der Waals surface area contributed by atoms with E-state index in [9.17, 15) is 9.18 Å². The number of nitrogens with zero attached hydrogens (tertiary/aromatic N) is 1. The minimum Gasteiger partial charge on any atom is -0.409 e. The molecule has 20 heavy (non-hydrogen) atoms. The number of amides is 1. The number of anilines is 1. The van der Waals surface area contributed by atoms with Gasteiger partial charge in [0.15, 0.2) is 5.84 Å². The van der Waals surface area contributed by atoms with Crippen LogP contribution >= 0.6 is 0 Å². The Morgan fingerprint density at radius 2 is 2.15 bits per heavy atom. The van der Waals surface area contributed by atoms with Crippen molar-refractivity contribution in [3.05, 3.63) is 29.6 Å². The number of hydrogen-bond acceptors (Lipinski definition) is 3. The first-order chi connectivity index (χ1) is 9.58. The molecule has 0 fully saturated rings. The standard InChI is InChI=1S/C14H20FN3O2/c1-2-3-4-5-6-13(19)17-12-8-7-10(9-11(12)15)14(16)18-20/h7-9,20H,2-6H2,1H3,(H2,16,18)(H,17,19). The molecule has 0 heterocycles. The quantitative estimate of drug-likeness (QED) is 0.236. The second-order valence-corrected chi connectivity index (χ2v) is 4.54. The molecule has 0 saturated heterocycles. The van der Waals surface area contributed by atoms with Gasteiger partial charge in [-0.3, -0.25) is 4.79 Å². The Balaban J connectivity index is 2.58. The van der Waals surface area contributed by atoms with Crippen molar-refractivity contribution in [2.24, 2.45) is 10.9 Å². The van der Waals surface area contributed by atoms with Gasteiger partial charge in [0.1, 0.15) is 5.82 Å². The fourth-order valence-corrected chi connectivity index (χ4v) is 1.76. The van der Waals surface area contributed by atoms with Gasteiger partial charge in [-0.15, -0.1) is 0 Å². The first-order valence-corrected chi connectivity index (χ1v) is 6.65. The number of hydrogen-bond donors (Lipinski definition) is 3. The number of benzene rings is 1. The maximum atomic E-state index is 13.7. The summed E-state index contributed by atoms with van der Waals surface area (Å²) in [4.78, 5) is 11.6. The number of nitrogens with two attached hydrogens (primary N) is 1. The third kappa shape index (κ3) is 4.87. The van der Waals surface area contributed by atoms with Crippen LogP contribution in [0.15, 0.2) is 23.4 Å². The number of unbranched alkanes of at least 4 members (excludes halogenated alkanes) is 3. The molecular weight excluding hydrogens is 261 g/mol. The minimum atomic E-state index is -0.615. The van der Waals surface area contributed by atoms with Gasteiger partial charge in [-0.25, -0.2) is 4.39 Å². The third-order valence-electron chi connectivity index (χ3n) is 2.90. The molecule has 0 aliphatic heterocycles. The molecule has 0 aliphatic carbocycles. The van der Waals surface area contributed by atoms with Crippen LogP contribution in [0.3, 0.4) is 0 Å². The monoisotopic (exact) mass is 281 g/mol. The molecule has 0 saturated carbocycles. The Hall–Kier alpha value is -2.11. The summed E-state index contributed by atoms with van der Waals surface area (Å²) in [5.74, 6) is -1.01. The Kier molecular flexibility index (Phi) is 6.49. The van der Waals surface area contributed by atoms with Gasteiger partial charge in [0.05, 0.1) is 5.69 Å². The van der Waals surface area contributed by atoms with Crippen molar-refractivity contribution in [1.29, 1.82) is 0 Å². The molecule has 110 valence electrons. The van der Waals surface area contributed by atoms with Gasteiger partial charge < -0.3 is 16.3 Å². The number of halogens is 1. The highest BCUT2D eigenvalue weighted by atomic mass is 19.1. The van der Waals surface area contributed by atoms with Gasteiger partial charge in [0.2, 0.25) is 5.91 Å². The van der Waals surface area contributed by atoms with Crippen LogP contribution in [0.1, 0.15) is 44.6 Å². The van der Waals surface area contributed by atoms with E-state index in [0.29, 0.717) is 6.42 Å². The summed E-state index contributed by atoms with van der Waals surface area (Å²) in [6, 6.07) is 3.99. The smallest absolute Gasteiger partial charge is 0.224 e. The minimum absolute atomic E-state index is 0.0972. The Morgan fingerprint density at radius 3 is 2.75 bits per heavy atom. The molecule has 0 aromatic heterocycles. The zero-order valence-electron chi connectivity index (χ0n) is 11.5. The summed E-state index contributed by atoms with van der Waals surface area (Å²) in [5, 5.41) is 13.8. The van der Waals surface area contributed by atoms with Crippen LogP contribution in [0, 0.1) is 5.82 Å². The lowest BCUT2D eigenvalue weighted by Crippen LogP contribution is -2.15. The second-order valence-electron chi connectivity index (χ2n) is 4.54. The normalized spacial score (nSPS) is 11.4. The SMILES string of the molecule is CCCCCCC(=O)Nc1ccc(/C(N)=N/O)cc1F. The number of rotatable bonds is 7. The van der Waals surface area contributed by atoms with Crippen molar-refractivity contribution in [2.45, 2.75) is 39.0 Å². The van der Waals surface area contributed by atoms with Crippen molar-refractivity contribution in [3.63, 3.8) is 0 Å². The lowest BCUT2D eigenvalue weighted by atomic mass is 10.1. The molecule has 1 aromatic carbocycles. The van der Waals surface area contributed by atoms with Crippen LogP contribution in [0.5, 0.6) is 0 Å². The van der Waals surface area contributed by atoms with E-state index in [4.69, 9.17) is 10.9 Å². The highest BCUT2D eigenvalue weighted by Crippen LogP contribution is 2.16. The topological polar surface area (TPSA) is 87.7 Å². The number of amidine groups is 1. The van der Waals surface area contributed by atoms with Crippen LogP contribution in [-0.2, 0) is 4.79 Å². The molecule has 0 aliphatic rings. The highest BCUT2D eigenvalue weighted by molar-refractivity contribution is 5.98. The lowest BCUT2D eigenvalue weighted by Gasteiger charge is -2.07. The summed E-state index contributed by atoms with van der Waals surface area (Å²) >= 11 is 0. The first kappa shape index (κ1) is 15.9. The van der Waals surface area contributed by atoms with Crippen molar-refractivity contribution >= 4 is 17.4 Å². The first-order valence-electron chi connectivity index (χ1n) is 6.65. The van der Waals surface area contributed by atoms with E-state index < -0.39 is 5.82 Å². The van der Waals surface area contributed by atoms with Crippen LogP contribution < -0.4 is 11.1 Å². The van der Waals surface area contributed by atoms with Crippen LogP contribution in [0.25, 0.3) is 0 Å². The highest BCUT2D eigenvalue weighted by Gasteiger charge is 2.09. The summed E-state index contributed by atoms with van der Waals surface area (Å²) < 4.78 is 13.7. The molecule has 5 nitrogen and oxygen atoms in total. The maximum absolute atomic E-state index is 13.7. The van der Waals surface area contributed by atoms with Crippen LogP contribution in [0.2, 0.25) is 0 Å². The van der Waals surface area contributed by atoms with Gasteiger partial charge >= 0.3 is 0 Å². The van der Waals surface area contributed by atoms with Crippen molar-refractivity contribution in [3.8, 4) is 0 Å². The molecule has 0 spiro atoms. The molecule has 6 heteroatoms. The van der Waals surface area contributed by atoms with Crippen molar-refractivity contribution in [2.75, 3.05) is 5.32 Å². The number of oxime groups is 1. The molecule has 0 atom stereocenters. The van der Waals surface area contributed by atoms with Crippen LogP contribution in [-0.4, -0.2) is 17.0 Å². The number of carbonyl (C=O) groups is 1. The maximum Gasteiger partial charge on any atom is 0.224 e. The van der Waals surface area contributed by atoms with Gasteiger partial charge in [0.25, 0.3) is 0 Å². The molecule has 0 unspecified atom stereocenters. The zero-order valence-corrected chi connectivity index (χ0v) is 11.5. The Morgan fingerprint density at radius 1 is 1.40 bits per heavy atom. The summed E-state index contributed by atoms with van der Waals surface area (Å²) in [6.45, 7) is 2.10. The van der Waals surface area contributed by atoms with E-state index in [0.717, 1.165) is 31.7 Å². The van der Waals surface area contributed by atoms with Gasteiger partial charge in [-0.05, 0) is 24.6 Å². The molecule has 1 amide bonds. The average molecular weight is 281 g/mol.